The molecule has 0 rings (SSSR count). The van der Waals surface area contributed by atoms with Crippen molar-refractivity contribution < 1.29 is 18.1 Å². The van der Waals surface area contributed by atoms with E-state index in [0.717, 1.165) is 6.42 Å². The number of aliphatic hydroxyl groups excluding tert-OH is 1. The van der Waals surface area contributed by atoms with Crippen LogP contribution in [0.4, 0.5) is 0 Å². The summed E-state index contributed by atoms with van der Waals surface area (Å²) in [5.41, 5.74) is 0. The van der Waals surface area contributed by atoms with Crippen LogP contribution in [0.2, 0.25) is 0 Å². The third-order valence-electron chi connectivity index (χ3n) is 3.67. The molecule has 0 bridgehead atoms. The molecule has 0 amide bonds. The molecule has 0 aromatic rings. The van der Waals surface area contributed by atoms with Crippen molar-refractivity contribution in [3.05, 3.63) is 12.2 Å². The van der Waals surface area contributed by atoms with Gasteiger partial charge in [-0.2, -0.15) is 8.42 Å². The van der Waals surface area contributed by atoms with Crippen LogP contribution in [0.1, 0.15) is 96.8 Å². The number of hydrogen-bond acceptors (Lipinski definition) is 3. The maximum atomic E-state index is 9.19. The van der Waals surface area contributed by atoms with E-state index < -0.39 is 10.1 Å². The number of rotatable bonds is 15. The van der Waals surface area contributed by atoms with Crippen LogP contribution in [0.25, 0.3) is 0 Å². The second-order valence-electron chi connectivity index (χ2n) is 6.39. The van der Waals surface area contributed by atoms with E-state index in [0.29, 0.717) is 12.9 Å². The maximum Gasteiger partial charge on any atom is 0.261 e. The Labute approximate surface area is 150 Å². The van der Waals surface area contributed by atoms with Crippen molar-refractivity contribution in [2.24, 2.45) is 0 Å². The zero-order valence-electron chi connectivity index (χ0n) is 15.9. The molecule has 0 aromatic carbocycles. The molecule has 0 aliphatic rings. The van der Waals surface area contributed by atoms with E-state index in [9.17, 15) is 8.42 Å². The van der Waals surface area contributed by atoms with Gasteiger partial charge in [-0.25, -0.2) is 0 Å². The quantitative estimate of drug-likeness (QED) is 0.228. The summed E-state index contributed by atoms with van der Waals surface area (Å²) >= 11 is 0. The van der Waals surface area contributed by atoms with Crippen molar-refractivity contribution in [2.75, 3.05) is 12.9 Å². The minimum absolute atomic E-state index is 0.362. The second kappa shape index (κ2) is 20.7. The largest absolute Gasteiger partial charge is 0.396 e. The summed E-state index contributed by atoms with van der Waals surface area (Å²) in [5.74, 6) is 0. The number of aliphatic hydroxyl groups is 1. The minimum Gasteiger partial charge on any atom is -0.396 e. The fourth-order valence-corrected chi connectivity index (χ4v) is 2.36. The molecule has 0 spiro atoms. The third kappa shape index (κ3) is 37.7. The normalized spacial score (nSPS) is 11.5. The van der Waals surface area contributed by atoms with Gasteiger partial charge in [0.05, 0.1) is 6.26 Å². The first kappa shape index (κ1) is 25.8. The summed E-state index contributed by atoms with van der Waals surface area (Å²) in [7, 11) is -3.67. The van der Waals surface area contributed by atoms with Gasteiger partial charge in [0.25, 0.3) is 10.1 Å². The summed E-state index contributed by atoms with van der Waals surface area (Å²) in [6.45, 7) is 2.64. The fourth-order valence-electron chi connectivity index (χ4n) is 2.36. The van der Waals surface area contributed by atoms with Gasteiger partial charge in [0.1, 0.15) is 0 Å². The predicted molar refractivity (Wildman–Crippen MR) is 104 cm³/mol. The average Bonchev–Trinajstić information content (AvgIpc) is 2.49. The van der Waals surface area contributed by atoms with E-state index in [2.05, 4.69) is 19.1 Å². The lowest BCUT2D eigenvalue weighted by atomic mass is 10.1. The summed E-state index contributed by atoms with van der Waals surface area (Å²) < 4.78 is 25.9. The highest BCUT2D eigenvalue weighted by Crippen LogP contribution is 2.09. The van der Waals surface area contributed by atoms with Crippen LogP contribution < -0.4 is 0 Å². The molecule has 24 heavy (non-hydrogen) atoms. The van der Waals surface area contributed by atoms with Gasteiger partial charge in [-0.1, -0.05) is 76.9 Å². The standard InChI is InChI=1S/C18H36O.CH4O3S/c1-2-3-4-5-6-7-8-9-10-11-12-13-14-15-16-17-18-19;1-5(2,3)4/h9-10,19H,2-8,11-18H2,1H3;1H3,(H,2,3,4)/b10-9-;. The molecule has 5 heteroatoms. The van der Waals surface area contributed by atoms with Gasteiger partial charge < -0.3 is 5.11 Å². The molecule has 0 fully saturated rings. The Hall–Kier alpha value is -0.390. The molecule has 0 saturated heterocycles. The van der Waals surface area contributed by atoms with Gasteiger partial charge in [0.15, 0.2) is 0 Å². The lowest BCUT2D eigenvalue weighted by Gasteiger charge is -1.99. The van der Waals surface area contributed by atoms with Gasteiger partial charge in [0.2, 0.25) is 0 Å². The molecule has 0 aliphatic heterocycles. The Morgan fingerprint density at radius 2 is 1.04 bits per heavy atom. The first-order valence-corrected chi connectivity index (χ1v) is 11.4. The molecular weight excluding hydrogens is 324 g/mol. The number of hydrogen-bond donors (Lipinski definition) is 2. The van der Waals surface area contributed by atoms with Gasteiger partial charge in [0, 0.05) is 6.61 Å². The van der Waals surface area contributed by atoms with E-state index >= 15 is 0 Å². The van der Waals surface area contributed by atoms with E-state index in [1.54, 1.807) is 0 Å². The summed E-state index contributed by atoms with van der Waals surface area (Å²) in [6.07, 6.45) is 23.9. The van der Waals surface area contributed by atoms with Crippen LogP contribution in [0, 0.1) is 0 Å². The van der Waals surface area contributed by atoms with Crippen molar-refractivity contribution >= 4 is 10.1 Å². The van der Waals surface area contributed by atoms with E-state index in [1.165, 1.54) is 83.5 Å². The van der Waals surface area contributed by atoms with E-state index in [1.807, 2.05) is 0 Å². The SMILES string of the molecule is CCCCCCCC/C=C\CCCCCCCCO.CS(=O)(=O)O. The summed E-state index contributed by atoms with van der Waals surface area (Å²) in [4.78, 5) is 0. The van der Waals surface area contributed by atoms with Crippen LogP contribution in [-0.4, -0.2) is 30.9 Å². The maximum absolute atomic E-state index is 9.19. The molecule has 0 heterocycles. The zero-order chi connectivity index (χ0) is 18.5. The van der Waals surface area contributed by atoms with Crippen molar-refractivity contribution in [2.45, 2.75) is 96.8 Å². The van der Waals surface area contributed by atoms with Crippen molar-refractivity contribution in [1.29, 1.82) is 0 Å². The Kier molecular flexibility index (Phi) is 22.2. The molecule has 2 N–H and O–H groups in total. The molecule has 0 unspecified atom stereocenters. The average molecular weight is 365 g/mol. The molecule has 0 aliphatic carbocycles. The second-order valence-corrected chi connectivity index (χ2v) is 7.86. The molecule has 0 radical (unpaired) electrons. The van der Waals surface area contributed by atoms with E-state index in [4.69, 9.17) is 9.66 Å². The highest BCUT2D eigenvalue weighted by molar-refractivity contribution is 7.85. The monoisotopic (exact) mass is 364 g/mol. The van der Waals surface area contributed by atoms with Crippen LogP contribution >= 0.6 is 0 Å². The lowest BCUT2D eigenvalue weighted by Crippen LogP contribution is -1.88. The Balaban J connectivity index is 0. The van der Waals surface area contributed by atoms with Gasteiger partial charge in [-0.3, -0.25) is 4.55 Å². The van der Waals surface area contributed by atoms with Crippen LogP contribution in [0.5, 0.6) is 0 Å². The molecular formula is C19H40O4S. The number of allylic oxidation sites excluding steroid dienone is 2. The Morgan fingerprint density at radius 1 is 0.708 bits per heavy atom. The molecule has 0 saturated carbocycles. The number of unbranched alkanes of at least 4 members (excludes halogenated alkanes) is 12. The highest BCUT2D eigenvalue weighted by Gasteiger charge is 1.90. The zero-order valence-corrected chi connectivity index (χ0v) is 16.7. The first-order chi connectivity index (χ1) is 11.4. The smallest absolute Gasteiger partial charge is 0.261 e. The highest BCUT2D eigenvalue weighted by atomic mass is 32.2. The van der Waals surface area contributed by atoms with Crippen LogP contribution in [0.3, 0.4) is 0 Å². The minimum atomic E-state index is -3.67. The third-order valence-corrected chi connectivity index (χ3v) is 3.67. The van der Waals surface area contributed by atoms with Crippen molar-refractivity contribution in [3.63, 3.8) is 0 Å². The Bertz CT molecular complexity index is 342. The van der Waals surface area contributed by atoms with Gasteiger partial charge in [-0.15, -0.1) is 0 Å². The Morgan fingerprint density at radius 3 is 1.42 bits per heavy atom. The lowest BCUT2D eigenvalue weighted by molar-refractivity contribution is 0.282. The topological polar surface area (TPSA) is 74.6 Å². The molecule has 0 aromatic heterocycles. The fraction of sp³-hybridized carbons (Fsp3) is 0.895. The molecule has 4 nitrogen and oxygen atoms in total. The first-order valence-electron chi connectivity index (χ1n) is 9.60. The molecule has 0 atom stereocenters. The predicted octanol–water partition coefficient (Wildman–Crippen LogP) is 5.52. The molecule has 146 valence electrons. The van der Waals surface area contributed by atoms with Gasteiger partial charge in [-0.05, 0) is 32.1 Å². The van der Waals surface area contributed by atoms with Crippen molar-refractivity contribution in [1.82, 2.24) is 0 Å². The van der Waals surface area contributed by atoms with Crippen molar-refractivity contribution in [3.8, 4) is 0 Å². The van der Waals surface area contributed by atoms with Crippen LogP contribution in [0.15, 0.2) is 12.2 Å². The van der Waals surface area contributed by atoms with E-state index in [-0.39, 0.29) is 0 Å². The summed E-state index contributed by atoms with van der Waals surface area (Å²) in [6, 6.07) is 0. The van der Waals surface area contributed by atoms with Crippen LogP contribution in [-0.2, 0) is 10.1 Å². The van der Waals surface area contributed by atoms with Gasteiger partial charge >= 0.3 is 0 Å². The summed E-state index contributed by atoms with van der Waals surface area (Å²) in [5, 5.41) is 8.66.